The number of para-hydroxylation sites is 1. The smallest absolute Gasteiger partial charge is 0.227 e. The summed E-state index contributed by atoms with van der Waals surface area (Å²) in [6.07, 6.45) is 4.36. The number of carbonyl (C=O) groups excluding carboxylic acids is 1. The predicted octanol–water partition coefficient (Wildman–Crippen LogP) is 3.73. The lowest BCUT2D eigenvalue weighted by Gasteiger charge is -2.21. The van der Waals surface area contributed by atoms with Gasteiger partial charge in [0.25, 0.3) is 0 Å². The molecule has 1 aliphatic rings. The molecule has 0 bridgehead atoms. The van der Waals surface area contributed by atoms with Gasteiger partial charge in [-0.15, -0.1) is 0 Å². The first-order valence-electron chi connectivity index (χ1n) is 7.72. The summed E-state index contributed by atoms with van der Waals surface area (Å²) in [6, 6.07) is 13.3. The third kappa shape index (κ3) is 2.59. The van der Waals surface area contributed by atoms with Crippen molar-refractivity contribution in [2.75, 3.05) is 5.32 Å². The van der Waals surface area contributed by atoms with Crippen LogP contribution in [-0.4, -0.2) is 15.3 Å². The van der Waals surface area contributed by atoms with Gasteiger partial charge in [-0.2, -0.15) is 0 Å². The number of rotatable bonds is 2. The third-order valence-electron chi connectivity index (χ3n) is 4.38. The van der Waals surface area contributed by atoms with Crippen molar-refractivity contribution in [1.29, 1.82) is 0 Å². The fourth-order valence-electron chi connectivity index (χ4n) is 3.18. The number of hydrogen-bond donors (Lipinski definition) is 1. The van der Waals surface area contributed by atoms with Gasteiger partial charge in [-0.25, -0.2) is 4.98 Å². The molecule has 2 heterocycles. The minimum atomic E-state index is -0.0566. The van der Waals surface area contributed by atoms with E-state index in [4.69, 9.17) is 11.6 Å². The van der Waals surface area contributed by atoms with Gasteiger partial charge < -0.3 is 9.72 Å². The van der Waals surface area contributed by atoms with Crippen LogP contribution in [0, 0.1) is 5.92 Å². The van der Waals surface area contributed by atoms with Gasteiger partial charge in [-0.05, 0) is 37.1 Å². The highest BCUT2D eigenvalue weighted by molar-refractivity contribution is 6.33. The fourth-order valence-corrected chi connectivity index (χ4v) is 3.36. The summed E-state index contributed by atoms with van der Waals surface area (Å²) in [4.78, 5) is 17.2. The van der Waals surface area contributed by atoms with Crippen LogP contribution < -0.4 is 5.32 Å². The van der Waals surface area contributed by atoms with E-state index < -0.39 is 0 Å². The maximum Gasteiger partial charge on any atom is 0.227 e. The Bertz CT molecular complexity index is 887. The molecule has 0 fully saturated rings. The van der Waals surface area contributed by atoms with Crippen LogP contribution >= 0.6 is 11.6 Å². The molecule has 1 amide bonds. The van der Waals surface area contributed by atoms with Crippen molar-refractivity contribution in [2.24, 2.45) is 5.92 Å². The number of aromatic nitrogens is 2. The number of imidazole rings is 1. The van der Waals surface area contributed by atoms with Gasteiger partial charge >= 0.3 is 0 Å². The van der Waals surface area contributed by atoms with E-state index in [0.29, 0.717) is 17.1 Å². The van der Waals surface area contributed by atoms with Crippen LogP contribution in [-0.2, 0) is 17.6 Å². The van der Waals surface area contributed by atoms with E-state index in [0.717, 1.165) is 29.9 Å². The summed E-state index contributed by atoms with van der Waals surface area (Å²) < 4.78 is 2.09. The molecular weight excluding hydrogens is 310 g/mol. The van der Waals surface area contributed by atoms with E-state index in [2.05, 4.69) is 14.7 Å². The summed E-state index contributed by atoms with van der Waals surface area (Å²) in [5, 5.41) is 3.51. The first kappa shape index (κ1) is 14.3. The highest BCUT2D eigenvalue weighted by atomic mass is 35.5. The summed E-state index contributed by atoms with van der Waals surface area (Å²) >= 11 is 6.12. The number of halogens is 1. The molecule has 116 valence electrons. The number of benzene rings is 1. The minimum absolute atomic E-state index is 0.0228. The van der Waals surface area contributed by atoms with Crippen molar-refractivity contribution in [1.82, 2.24) is 9.38 Å². The number of aryl methyl sites for hydroxylation is 1. The molecule has 1 aliphatic carbocycles. The Balaban J connectivity index is 1.58. The van der Waals surface area contributed by atoms with Crippen LogP contribution in [0.2, 0.25) is 5.02 Å². The standard InChI is InChI=1S/C18H16ClN3O/c19-13-5-1-2-6-14(13)21-18(23)12-8-9-15-16(11-12)22-10-4-3-7-17(22)20-15/h1-7,10,12H,8-9,11H2,(H,21,23). The first-order chi connectivity index (χ1) is 11.2. The molecule has 4 nitrogen and oxygen atoms in total. The molecule has 0 radical (unpaired) electrons. The molecular formula is C18H16ClN3O. The number of hydrogen-bond acceptors (Lipinski definition) is 2. The minimum Gasteiger partial charge on any atom is -0.325 e. The average Bonchev–Trinajstić information content (AvgIpc) is 2.94. The molecule has 3 aromatic rings. The number of carbonyl (C=O) groups is 1. The topological polar surface area (TPSA) is 46.4 Å². The van der Waals surface area contributed by atoms with Gasteiger partial charge in [0.1, 0.15) is 5.65 Å². The van der Waals surface area contributed by atoms with Crippen molar-refractivity contribution in [3.8, 4) is 0 Å². The second kappa shape index (κ2) is 5.70. The van der Waals surface area contributed by atoms with Gasteiger partial charge in [-0.3, -0.25) is 4.79 Å². The molecule has 0 spiro atoms. The summed E-state index contributed by atoms with van der Waals surface area (Å²) in [5.74, 6) is -0.0338. The second-order valence-corrected chi connectivity index (χ2v) is 6.25. The molecule has 0 saturated heterocycles. The van der Waals surface area contributed by atoms with Crippen LogP contribution in [0.3, 0.4) is 0 Å². The van der Waals surface area contributed by atoms with Crippen LogP contribution in [0.25, 0.3) is 5.65 Å². The Hall–Kier alpha value is -2.33. The van der Waals surface area contributed by atoms with Crippen LogP contribution in [0.1, 0.15) is 17.8 Å². The molecule has 23 heavy (non-hydrogen) atoms. The Kier molecular flexibility index (Phi) is 3.54. The molecule has 1 aromatic carbocycles. The van der Waals surface area contributed by atoms with Crippen molar-refractivity contribution >= 4 is 28.8 Å². The number of nitrogens with one attached hydrogen (secondary N) is 1. The predicted molar refractivity (Wildman–Crippen MR) is 90.8 cm³/mol. The van der Waals surface area contributed by atoms with E-state index in [9.17, 15) is 4.79 Å². The Morgan fingerprint density at radius 2 is 2.04 bits per heavy atom. The maximum absolute atomic E-state index is 12.6. The van der Waals surface area contributed by atoms with E-state index >= 15 is 0 Å². The zero-order chi connectivity index (χ0) is 15.8. The third-order valence-corrected chi connectivity index (χ3v) is 4.71. The molecule has 5 heteroatoms. The zero-order valence-electron chi connectivity index (χ0n) is 12.5. The lowest BCUT2D eigenvalue weighted by Crippen LogP contribution is -2.28. The number of pyridine rings is 1. The van der Waals surface area contributed by atoms with E-state index in [1.165, 1.54) is 0 Å². The molecule has 4 rings (SSSR count). The zero-order valence-corrected chi connectivity index (χ0v) is 13.3. The number of fused-ring (bicyclic) bond motifs is 3. The van der Waals surface area contributed by atoms with Gasteiger partial charge in [0.15, 0.2) is 0 Å². The first-order valence-corrected chi connectivity index (χ1v) is 8.10. The molecule has 2 aromatic heterocycles. The van der Waals surface area contributed by atoms with E-state index in [-0.39, 0.29) is 11.8 Å². The normalized spacial score (nSPS) is 17.0. The Morgan fingerprint density at radius 3 is 2.91 bits per heavy atom. The molecule has 1 N–H and O–H groups in total. The lowest BCUT2D eigenvalue weighted by molar-refractivity contribution is -0.120. The molecule has 0 saturated carbocycles. The highest BCUT2D eigenvalue weighted by Gasteiger charge is 2.28. The highest BCUT2D eigenvalue weighted by Crippen LogP contribution is 2.28. The van der Waals surface area contributed by atoms with Gasteiger partial charge in [0.2, 0.25) is 5.91 Å². The SMILES string of the molecule is O=C(Nc1ccccc1Cl)C1CCc2nc3ccccn3c2C1. The van der Waals surface area contributed by atoms with Gasteiger partial charge in [0, 0.05) is 24.2 Å². The van der Waals surface area contributed by atoms with Crippen molar-refractivity contribution in [3.05, 3.63) is 65.1 Å². The second-order valence-electron chi connectivity index (χ2n) is 5.84. The largest absolute Gasteiger partial charge is 0.325 e. The summed E-state index contributed by atoms with van der Waals surface area (Å²) in [5.41, 5.74) is 3.87. The quantitative estimate of drug-likeness (QED) is 0.780. The molecule has 1 atom stereocenters. The average molecular weight is 326 g/mol. The maximum atomic E-state index is 12.6. The van der Waals surface area contributed by atoms with Crippen molar-refractivity contribution in [2.45, 2.75) is 19.3 Å². The number of nitrogens with zero attached hydrogens (tertiary/aromatic N) is 2. The molecule has 0 aliphatic heterocycles. The van der Waals surface area contributed by atoms with Crippen LogP contribution in [0.5, 0.6) is 0 Å². The Labute approximate surface area is 139 Å². The van der Waals surface area contributed by atoms with Crippen LogP contribution in [0.15, 0.2) is 48.7 Å². The number of anilines is 1. The summed E-state index contributed by atoms with van der Waals surface area (Å²) in [7, 11) is 0. The van der Waals surface area contributed by atoms with Crippen molar-refractivity contribution < 1.29 is 4.79 Å². The Morgan fingerprint density at radius 1 is 1.22 bits per heavy atom. The van der Waals surface area contributed by atoms with Crippen molar-refractivity contribution in [3.63, 3.8) is 0 Å². The summed E-state index contributed by atoms with van der Waals surface area (Å²) in [6.45, 7) is 0. The molecule has 1 unspecified atom stereocenters. The van der Waals surface area contributed by atoms with E-state index in [1.54, 1.807) is 6.07 Å². The lowest BCUT2D eigenvalue weighted by atomic mass is 9.89. The van der Waals surface area contributed by atoms with Gasteiger partial charge in [-0.1, -0.05) is 29.8 Å². The van der Waals surface area contributed by atoms with Crippen LogP contribution in [0.4, 0.5) is 5.69 Å². The number of amides is 1. The fraction of sp³-hybridized carbons (Fsp3) is 0.222. The van der Waals surface area contributed by atoms with E-state index in [1.807, 2.05) is 42.6 Å². The van der Waals surface area contributed by atoms with Gasteiger partial charge in [0.05, 0.1) is 16.4 Å². The monoisotopic (exact) mass is 325 g/mol.